The molecule has 7 nitrogen and oxygen atoms in total. The highest BCUT2D eigenvalue weighted by Crippen LogP contribution is 2.43. The standard InChI is InChI=1S/C30H30N2O5/c1-6-7-12-36-22-9-8-20(16-24(22)35-5)27-26-28(33)21-14-18(3)19(4)15-23(21)37-29(26)30(34)32(27)25-13-17(2)10-11-31-25/h8-11,13-16,27H,6-7,12H2,1-5H3. The van der Waals surface area contributed by atoms with Gasteiger partial charge in [-0.15, -0.1) is 0 Å². The Hall–Kier alpha value is -4.13. The molecule has 0 spiro atoms. The number of carbonyl (C=O) groups is 1. The fourth-order valence-electron chi connectivity index (χ4n) is 4.73. The Bertz CT molecular complexity index is 1570. The number of pyridine rings is 1. The van der Waals surface area contributed by atoms with E-state index in [4.69, 9.17) is 13.9 Å². The molecule has 2 aromatic carbocycles. The van der Waals surface area contributed by atoms with Crippen LogP contribution in [-0.2, 0) is 0 Å². The smallest absolute Gasteiger partial charge is 0.296 e. The van der Waals surface area contributed by atoms with Crippen molar-refractivity contribution >= 4 is 22.7 Å². The Morgan fingerprint density at radius 2 is 1.78 bits per heavy atom. The van der Waals surface area contributed by atoms with E-state index in [1.54, 1.807) is 13.3 Å². The fraction of sp³-hybridized carbons (Fsp3) is 0.300. The van der Waals surface area contributed by atoms with Crippen LogP contribution in [0.15, 0.2) is 57.9 Å². The number of hydrogen-bond donors (Lipinski definition) is 0. The third-order valence-electron chi connectivity index (χ3n) is 6.89. The molecular formula is C30H30N2O5. The van der Waals surface area contributed by atoms with Gasteiger partial charge in [0.2, 0.25) is 5.76 Å². The first-order valence-corrected chi connectivity index (χ1v) is 12.5. The molecule has 3 heterocycles. The second kappa shape index (κ2) is 9.73. The Kier molecular flexibility index (Phi) is 6.46. The number of benzene rings is 2. The van der Waals surface area contributed by atoms with Crippen LogP contribution in [0.3, 0.4) is 0 Å². The second-order valence-electron chi connectivity index (χ2n) is 9.49. The molecule has 1 atom stereocenters. The number of unbranched alkanes of at least 4 members (excludes halogenated alkanes) is 1. The maximum absolute atomic E-state index is 13.9. The van der Waals surface area contributed by atoms with Crippen molar-refractivity contribution in [3.05, 3.63) is 92.5 Å². The lowest BCUT2D eigenvalue weighted by atomic mass is 9.97. The Labute approximate surface area is 215 Å². The van der Waals surface area contributed by atoms with Gasteiger partial charge in [-0.1, -0.05) is 19.4 Å². The van der Waals surface area contributed by atoms with Crippen molar-refractivity contribution in [2.75, 3.05) is 18.6 Å². The van der Waals surface area contributed by atoms with Crippen LogP contribution in [0.5, 0.6) is 11.5 Å². The number of aryl methyl sites for hydroxylation is 3. The van der Waals surface area contributed by atoms with E-state index in [-0.39, 0.29) is 11.2 Å². The number of aromatic nitrogens is 1. The number of carbonyl (C=O) groups excluding carboxylic acids is 1. The predicted octanol–water partition coefficient (Wildman–Crippen LogP) is 6.05. The fourth-order valence-corrected chi connectivity index (χ4v) is 4.73. The van der Waals surface area contributed by atoms with E-state index in [1.165, 1.54) is 4.90 Å². The number of fused-ring (bicyclic) bond motifs is 2. The molecule has 4 aromatic rings. The van der Waals surface area contributed by atoms with Crippen LogP contribution in [0.4, 0.5) is 5.82 Å². The topological polar surface area (TPSA) is 81.9 Å². The molecule has 2 aromatic heterocycles. The lowest BCUT2D eigenvalue weighted by Crippen LogP contribution is -2.30. The van der Waals surface area contributed by atoms with Gasteiger partial charge in [-0.2, -0.15) is 0 Å². The van der Waals surface area contributed by atoms with Gasteiger partial charge in [0, 0.05) is 6.20 Å². The van der Waals surface area contributed by atoms with Crippen molar-refractivity contribution in [3.63, 3.8) is 0 Å². The molecule has 0 bridgehead atoms. The molecule has 0 saturated heterocycles. The van der Waals surface area contributed by atoms with Crippen LogP contribution in [0.1, 0.15) is 64.2 Å². The average Bonchev–Trinajstić information content (AvgIpc) is 3.18. The molecule has 0 radical (unpaired) electrons. The van der Waals surface area contributed by atoms with Crippen molar-refractivity contribution in [2.45, 2.75) is 46.6 Å². The van der Waals surface area contributed by atoms with Crippen molar-refractivity contribution < 1.29 is 18.7 Å². The number of rotatable bonds is 7. The minimum Gasteiger partial charge on any atom is -0.493 e. The molecule has 0 aliphatic carbocycles. The molecule has 1 unspecified atom stereocenters. The molecule has 0 fully saturated rings. The number of ether oxygens (including phenoxy) is 2. The van der Waals surface area contributed by atoms with E-state index < -0.39 is 11.9 Å². The zero-order chi connectivity index (χ0) is 26.3. The summed E-state index contributed by atoms with van der Waals surface area (Å²) in [6, 6.07) is 12.1. The lowest BCUT2D eigenvalue weighted by Gasteiger charge is -2.25. The maximum Gasteiger partial charge on any atom is 0.296 e. The Balaban J connectivity index is 1.73. The van der Waals surface area contributed by atoms with Crippen molar-refractivity contribution in [2.24, 2.45) is 0 Å². The van der Waals surface area contributed by atoms with Crippen LogP contribution in [0.25, 0.3) is 11.0 Å². The Morgan fingerprint density at radius 1 is 1.00 bits per heavy atom. The van der Waals surface area contributed by atoms with E-state index in [1.807, 2.05) is 63.2 Å². The number of anilines is 1. The zero-order valence-electron chi connectivity index (χ0n) is 21.8. The molecule has 1 aliphatic heterocycles. The average molecular weight is 499 g/mol. The van der Waals surface area contributed by atoms with Gasteiger partial charge in [0.05, 0.1) is 30.7 Å². The van der Waals surface area contributed by atoms with Crippen molar-refractivity contribution in [3.8, 4) is 11.5 Å². The molecule has 37 heavy (non-hydrogen) atoms. The van der Waals surface area contributed by atoms with Crippen LogP contribution >= 0.6 is 0 Å². The highest BCUT2D eigenvalue weighted by molar-refractivity contribution is 6.10. The lowest BCUT2D eigenvalue weighted by molar-refractivity contribution is 0.0970. The predicted molar refractivity (Wildman–Crippen MR) is 143 cm³/mol. The largest absolute Gasteiger partial charge is 0.493 e. The van der Waals surface area contributed by atoms with E-state index in [9.17, 15) is 9.59 Å². The first-order chi connectivity index (χ1) is 17.8. The maximum atomic E-state index is 13.9. The highest BCUT2D eigenvalue weighted by atomic mass is 16.5. The van der Waals surface area contributed by atoms with Gasteiger partial charge in [0.1, 0.15) is 11.4 Å². The van der Waals surface area contributed by atoms with Gasteiger partial charge in [0.25, 0.3) is 5.91 Å². The van der Waals surface area contributed by atoms with Crippen LogP contribution in [-0.4, -0.2) is 24.6 Å². The molecule has 1 aliphatic rings. The van der Waals surface area contributed by atoms with Gasteiger partial charge >= 0.3 is 0 Å². The monoisotopic (exact) mass is 498 g/mol. The molecular weight excluding hydrogens is 468 g/mol. The highest BCUT2D eigenvalue weighted by Gasteiger charge is 2.44. The molecule has 0 saturated carbocycles. The molecule has 7 heteroatoms. The van der Waals surface area contributed by atoms with Crippen LogP contribution < -0.4 is 19.8 Å². The summed E-state index contributed by atoms with van der Waals surface area (Å²) in [7, 11) is 1.58. The number of nitrogens with zero attached hydrogens (tertiary/aromatic N) is 2. The summed E-state index contributed by atoms with van der Waals surface area (Å²) in [6.07, 6.45) is 3.60. The van der Waals surface area contributed by atoms with Crippen LogP contribution in [0.2, 0.25) is 0 Å². The van der Waals surface area contributed by atoms with Gasteiger partial charge in [-0.3, -0.25) is 14.5 Å². The Morgan fingerprint density at radius 3 is 2.51 bits per heavy atom. The van der Waals surface area contributed by atoms with E-state index in [2.05, 4.69) is 11.9 Å². The quantitative estimate of drug-likeness (QED) is 0.289. The summed E-state index contributed by atoms with van der Waals surface area (Å²) in [5, 5.41) is 0.449. The minimum atomic E-state index is -0.738. The second-order valence-corrected chi connectivity index (χ2v) is 9.49. The number of hydrogen-bond acceptors (Lipinski definition) is 6. The number of methoxy groups -OCH3 is 1. The first kappa shape index (κ1) is 24.6. The van der Waals surface area contributed by atoms with Crippen molar-refractivity contribution in [1.82, 2.24) is 4.98 Å². The summed E-state index contributed by atoms with van der Waals surface area (Å²) in [5.41, 5.74) is 4.08. The zero-order valence-corrected chi connectivity index (χ0v) is 21.8. The summed E-state index contributed by atoms with van der Waals surface area (Å²) < 4.78 is 17.7. The summed E-state index contributed by atoms with van der Waals surface area (Å²) in [6.45, 7) is 8.51. The normalized spacial score (nSPS) is 14.8. The summed E-state index contributed by atoms with van der Waals surface area (Å²) in [4.78, 5) is 33.8. The van der Waals surface area contributed by atoms with Gasteiger partial charge in [-0.25, -0.2) is 4.98 Å². The van der Waals surface area contributed by atoms with Crippen LogP contribution in [0, 0.1) is 20.8 Å². The summed E-state index contributed by atoms with van der Waals surface area (Å²) >= 11 is 0. The van der Waals surface area contributed by atoms with Gasteiger partial charge < -0.3 is 13.9 Å². The summed E-state index contributed by atoms with van der Waals surface area (Å²) in [5.74, 6) is 1.22. The molecule has 5 rings (SSSR count). The number of amides is 1. The van der Waals surface area contributed by atoms with E-state index in [0.717, 1.165) is 29.5 Å². The molecule has 190 valence electrons. The first-order valence-electron chi connectivity index (χ1n) is 12.5. The van der Waals surface area contributed by atoms with Gasteiger partial charge in [-0.05, 0) is 85.8 Å². The van der Waals surface area contributed by atoms with E-state index >= 15 is 0 Å². The molecule has 0 N–H and O–H groups in total. The SMILES string of the molecule is CCCCOc1ccc(C2c3c(oc4cc(C)c(C)cc4c3=O)C(=O)N2c2cc(C)ccn2)cc1OC. The molecule has 1 amide bonds. The third-order valence-corrected chi connectivity index (χ3v) is 6.89. The minimum absolute atomic E-state index is 0.0382. The van der Waals surface area contributed by atoms with Crippen molar-refractivity contribution in [1.29, 1.82) is 0 Å². The third kappa shape index (κ3) is 4.24. The van der Waals surface area contributed by atoms with Gasteiger partial charge in [0.15, 0.2) is 16.9 Å². The van der Waals surface area contributed by atoms with E-state index in [0.29, 0.717) is 46.0 Å².